The summed E-state index contributed by atoms with van der Waals surface area (Å²) in [7, 11) is 0. The van der Waals surface area contributed by atoms with E-state index in [0.717, 1.165) is 0 Å². The number of nitrogens with two attached hydrogens (primary N) is 3. The number of imidazole rings is 1. The van der Waals surface area contributed by atoms with Crippen LogP contribution >= 0.6 is 12.6 Å². The molecule has 16 nitrogen and oxygen atoms in total. The molecule has 0 bridgehead atoms. The number of aromatic amines is 1. The van der Waals surface area contributed by atoms with E-state index in [9.17, 15) is 29.1 Å². The van der Waals surface area contributed by atoms with Gasteiger partial charge in [0.05, 0.1) is 18.8 Å². The molecule has 0 saturated carbocycles. The van der Waals surface area contributed by atoms with Gasteiger partial charge in [0, 0.05) is 30.6 Å². The van der Waals surface area contributed by atoms with Gasteiger partial charge in [-0.1, -0.05) is 0 Å². The monoisotopic (exact) mass is 529 g/mol. The number of hydrogen-bond acceptors (Lipinski definition) is 9. The Morgan fingerprint density at radius 1 is 1.03 bits per heavy atom. The Bertz CT molecular complexity index is 938. The lowest BCUT2D eigenvalue weighted by Gasteiger charge is -2.24. The van der Waals surface area contributed by atoms with E-state index in [4.69, 9.17) is 22.3 Å². The lowest BCUT2D eigenvalue weighted by molar-refractivity contribution is -0.142. The summed E-state index contributed by atoms with van der Waals surface area (Å²) in [5.41, 5.74) is 16.5. The summed E-state index contributed by atoms with van der Waals surface area (Å²) >= 11 is 4.05. The zero-order valence-electron chi connectivity index (χ0n) is 19.2. The molecule has 17 heteroatoms. The van der Waals surface area contributed by atoms with Gasteiger partial charge >= 0.3 is 11.9 Å². The standard InChI is InChI=1S/C19H31N9O7S/c20-10(5-14(29)30)15(31)27-12(4-9-6-23-8-25-9)16(32)28-13(7-36)17(33)26-11(18(34)35)2-1-3-24-19(21)22/h6,8,10-13,36H,1-5,7,20H2,(H,23,25)(H,26,33)(H,27,31)(H,28,32)(H,29,30)(H,34,35)(H4,21,22,24). The number of carboxylic acid groups (broad SMARTS) is 2. The highest BCUT2D eigenvalue weighted by Crippen LogP contribution is 2.04. The van der Waals surface area contributed by atoms with Gasteiger partial charge < -0.3 is 48.3 Å². The van der Waals surface area contributed by atoms with Crippen molar-refractivity contribution in [1.82, 2.24) is 25.9 Å². The van der Waals surface area contributed by atoms with E-state index < -0.39 is 60.2 Å². The number of amides is 3. The topological polar surface area (TPSA) is 281 Å². The van der Waals surface area contributed by atoms with Crippen molar-refractivity contribution in [3.63, 3.8) is 0 Å². The second-order valence-electron chi connectivity index (χ2n) is 7.64. The Balaban J connectivity index is 2.88. The number of carbonyl (C=O) groups excluding carboxylic acids is 3. The van der Waals surface area contributed by atoms with Crippen LogP contribution in [0.3, 0.4) is 0 Å². The Morgan fingerprint density at radius 3 is 2.17 bits per heavy atom. The van der Waals surface area contributed by atoms with Crippen molar-refractivity contribution >= 4 is 48.2 Å². The lowest BCUT2D eigenvalue weighted by atomic mass is 10.1. The SMILES string of the molecule is NC(N)=NCCCC(NC(=O)C(CS)NC(=O)C(Cc1cnc[nH]1)NC(=O)C(N)CC(=O)O)C(=O)O. The molecule has 0 fully saturated rings. The minimum Gasteiger partial charge on any atom is -0.481 e. The zero-order valence-corrected chi connectivity index (χ0v) is 20.1. The molecule has 200 valence electrons. The van der Waals surface area contributed by atoms with Gasteiger partial charge in [0.25, 0.3) is 0 Å². The van der Waals surface area contributed by atoms with Crippen molar-refractivity contribution < 1.29 is 34.2 Å². The second-order valence-corrected chi connectivity index (χ2v) is 8.00. The third-order valence-electron chi connectivity index (χ3n) is 4.72. The molecule has 0 spiro atoms. The van der Waals surface area contributed by atoms with Crippen LogP contribution in [0.25, 0.3) is 0 Å². The van der Waals surface area contributed by atoms with Crippen LogP contribution in [0.15, 0.2) is 17.5 Å². The molecule has 0 aromatic carbocycles. The average Bonchev–Trinajstić information content (AvgIpc) is 3.30. The maximum Gasteiger partial charge on any atom is 0.326 e. The number of thiol groups is 1. The number of aromatic nitrogens is 2. The number of aliphatic imine (C=N–C) groups is 1. The first-order valence-electron chi connectivity index (χ1n) is 10.7. The minimum absolute atomic E-state index is 0.0189. The maximum absolute atomic E-state index is 12.9. The molecule has 1 heterocycles. The fraction of sp³-hybridized carbons (Fsp3) is 0.526. The van der Waals surface area contributed by atoms with Gasteiger partial charge in [-0.3, -0.25) is 24.2 Å². The molecule has 1 aromatic rings. The normalized spacial score (nSPS) is 13.9. The zero-order chi connectivity index (χ0) is 27.3. The number of aliphatic carboxylic acids is 2. The van der Waals surface area contributed by atoms with Crippen LogP contribution in [0, 0.1) is 0 Å². The first-order valence-corrected chi connectivity index (χ1v) is 11.3. The lowest BCUT2D eigenvalue weighted by Crippen LogP contribution is -2.58. The van der Waals surface area contributed by atoms with E-state index >= 15 is 0 Å². The van der Waals surface area contributed by atoms with Gasteiger partial charge in [0.2, 0.25) is 17.7 Å². The maximum atomic E-state index is 12.9. The molecule has 4 atom stereocenters. The number of rotatable bonds is 16. The Labute approximate surface area is 211 Å². The van der Waals surface area contributed by atoms with Gasteiger partial charge in [-0.2, -0.15) is 12.6 Å². The Kier molecular flexibility index (Phi) is 12.7. The average molecular weight is 530 g/mol. The number of H-pyrrole nitrogens is 1. The molecule has 12 N–H and O–H groups in total. The molecule has 0 aliphatic rings. The van der Waals surface area contributed by atoms with E-state index in [1.54, 1.807) is 0 Å². The first kappa shape index (κ1) is 30.2. The molecule has 36 heavy (non-hydrogen) atoms. The van der Waals surface area contributed by atoms with Crippen LogP contribution in [-0.2, 0) is 30.4 Å². The van der Waals surface area contributed by atoms with Crippen LogP contribution in [0.5, 0.6) is 0 Å². The molecule has 4 unspecified atom stereocenters. The van der Waals surface area contributed by atoms with E-state index in [-0.39, 0.29) is 37.5 Å². The van der Waals surface area contributed by atoms with Crippen LogP contribution in [-0.4, -0.2) is 92.3 Å². The largest absolute Gasteiger partial charge is 0.481 e. The molecule has 3 amide bonds. The smallest absolute Gasteiger partial charge is 0.326 e. The van der Waals surface area contributed by atoms with Crippen molar-refractivity contribution in [1.29, 1.82) is 0 Å². The first-order chi connectivity index (χ1) is 16.9. The predicted octanol–water partition coefficient (Wildman–Crippen LogP) is -3.72. The second kappa shape index (κ2) is 15.2. The van der Waals surface area contributed by atoms with E-state index in [2.05, 4.69) is 43.5 Å². The third-order valence-corrected chi connectivity index (χ3v) is 5.08. The van der Waals surface area contributed by atoms with Crippen molar-refractivity contribution in [2.24, 2.45) is 22.2 Å². The highest BCUT2D eigenvalue weighted by molar-refractivity contribution is 7.80. The van der Waals surface area contributed by atoms with E-state index in [1.165, 1.54) is 12.5 Å². The highest BCUT2D eigenvalue weighted by atomic mass is 32.1. The van der Waals surface area contributed by atoms with Crippen LogP contribution in [0.4, 0.5) is 0 Å². The molecule has 0 saturated heterocycles. The summed E-state index contributed by atoms with van der Waals surface area (Å²) in [4.78, 5) is 70.6. The van der Waals surface area contributed by atoms with Gasteiger partial charge in [0.15, 0.2) is 5.96 Å². The molecule has 0 aliphatic carbocycles. The summed E-state index contributed by atoms with van der Waals surface area (Å²) < 4.78 is 0. The molecule has 1 rings (SSSR count). The molecule has 0 aliphatic heterocycles. The quantitative estimate of drug-likeness (QED) is 0.0430. The molecular formula is C19H31N9O7S. The van der Waals surface area contributed by atoms with Crippen LogP contribution < -0.4 is 33.2 Å². The summed E-state index contributed by atoms with van der Waals surface area (Å²) in [5.74, 6) is -5.46. The van der Waals surface area contributed by atoms with Gasteiger partial charge in [0.1, 0.15) is 18.1 Å². The predicted molar refractivity (Wildman–Crippen MR) is 130 cm³/mol. The summed E-state index contributed by atoms with van der Waals surface area (Å²) in [6.45, 7) is 0.160. The van der Waals surface area contributed by atoms with Gasteiger partial charge in [-0.25, -0.2) is 9.78 Å². The fourth-order valence-corrected chi connectivity index (χ4v) is 3.14. The molecule has 0 radical (unpaired) electrons. The summed E-state index contributed by atoms with van der Waals surface area (Å²) in [5, 5.41) is 25.3. The number of carboxylic acids is 2. The summed E-state index contributed by atoms with van der Waals surface area (Å²) in [6.07, 6.45) is 2.30. The van der Waals surface area contributed by atoms with E-state index in [0.29, 0.717) is 5.69 Å². The molecular weight excluding hydrogens is 498 g/mol. The van der Waals surface area contributed by atoms with Crippen molar-refractivity contribution in [2.45, 2.75) is 49.9 Å². The van der Waals surface area contributed by atoms with Crippen molar-refractivity contribution in [3.05, 3.63) is 18.2 Å². The number of nitrogens with one attached hydrogen (secondary N) is 4. The number of carbonyl (C=O) groups is 5. The van der Waals surface area contributed by atoms with Crippen molar-refractivity contribution in [2.75, 3.05) is 12.3 Å². The fourth-order valence-electron chi connectivity index (χ4n) is 2.88. The number of nitrogens with zero attached hydrogens (tertiary/aromatic N) is 2. The molecule has 1 aromatic heterocycles. The Morgan fingerprint density at radius 2 is 1.64 bits per heavy atom. The number of guanidine groups is 1. The summed E-state index contributed by atoms with van der Waals surface area (Å²) in [6, 6.07) is -5.21. The third kappa shape index (κ3) is 11.0. The number of hydrogen-bond donors (Lipinski definition) is 10. The van der Waals surface area contributed by atoms with Gasteiger partial charge in [-0.15, -0.1) is 0 Å². The van der Waals surface area contributed by atoms with Gasteiger partial charge in [-0.05, 0) is 12.8 Å². The van der Waals surface area contributed by atoms with E-state index in [1.807, 2.05) is 0 Å². The van der Waals surface area contributed by atoms with Crippen LogP contribution in [0.2, 0.25) is 0 Å². The Hall–Kier alpha value is -3.86. The van der Waals surface area contributed by atoms with Crippen LogP contribution in [0.1, 0.15) is 25.0 Å². The van der Waals surface area contributed by atoms with Crippen molar-refractivity contribution in [3.8, 4) is 0 Å². The highest BCUT2D eigenvalue weighted by Gasteiger charge is 2.30. The minimum atomic E-state index is -1.42.